The van der Waals surface area contributed by atoms with E-state index in [9.17, 15) is 9.90 Å². The van der Waals surface area contributed by atoms with Crippen molar-refractivity contribution in [1.29, 1.82) is 0 Å². The molecule has 0 bridgehead atoms. The Bertz CT molecular complexity index is 1430. The van der Waals surface area contributed by atoms with Gasteiger partial charge in [-0.1, -0.05) is 19.1 Å². The van der Waals surface area contributed by atoms with E-state index in [4.69, 9.17) is 14.7 Å². The molecule has 1 aliphatic rings. The number of H-pyrrole nitrogens is 2. The molecular formula is C22H22N6O3. The van der Waals surface area contributed by atoms with E-state index in [2.05, 4.69) is 22.0 Å². The van der Waals surface area contributed by atoms with Crippen molar-refractivity contribution in [2.45, 2.75) is 32.2 Å². The number of rotatable bonds is 6. The quantitative estimate of drug-likeness (QED) is 0.438. The van der Waals surface area contributed by atoms with E-state index in [1.165, 1.54) is 0 Å². The second-order valence-electron chi connectivity index (χ2n) is 7.56. The van der Waals surface area contributed by atoms with Gasteiger partial charge in [0.05, 0.1) is 24.5 Å². The summed E-state index contributed by atoms with van der Waals surface area (Å²) < 4.78 is 7.46. The van der Waals surface area contributed by atoms with Crippen LogP contribution in [0.4, 0.5) is 0 Å². The number of imidazole rings is 1. The lowest BCUT2D eigenvalue weighted by molar-refractivity contribution is 0.317. The Morgan fingerprint density at radius 2 is 2.19 bits per heavy atom. The largest absolute Gasteiger partial charge is 0.494 e. The fraction of sp³-hybridized carbons (Fsp3) is 0.273. The lowest BCUT2D eigenvalue weighted by atomic mass is 10.1. The Hall–Kier alpha value is -3.88. The zero-order valence-electron chi connectivity index (χ0n) is 17.0. The van der Waals surface area contributed by atoms with Crippen LogP contribution in [0.2, 0.25) is 0 Å². The molecular weight excluding hydrogens is 396 g/mol. The summed E-state index contributed by atoms with van der Waals surface area (Å²) in [5, 5.41) is 15.0. The van der Waals surface area contributed by atoms with Crippen molar-refractivity contribution in [1.82, 2.24) is 24.6 Å². The van der Waals surface area contributed by atoms with E-state index in [1.807, 2.05) is 30.3 Å². The van der Waals surface area contributed by atoms with E-state index in [0.29, 0.717) is 29.0 Å². The first-order chi connectivity index (χ1) is 15.1. The molecule has 1 saturated carbocycles. The van der Waals surface area contributed by atoms with Crippen LogP contribution in [-0.2, 0) is 0 Å². The van der Waals surface area contributed by atoms with Gasteiger partial charge in [0.25, 0.3) is 0 Å². The molecule has 9 heteroatoms. The number of ether oxygens (including phenoxy) is 1. The van der Waals surface area contributed by atoms with Gasteiger partial charge in [-0.15, -0.1) is 0 Å². The first kappa shape index (κ1) is 19.1. The molecule has 1 aliphatic carbocycles. The van der Waals surface area contributed by atoms with Crippen molar-refractivity contribution >= 4 is 11.7 Å². The molecule has 1 fully saturated rings. The van der Waals surface area contributed by atoms with Crippen molar-refractivity contribution in [2.24, 2.45) is 4.99 Å². The summed E-state index contributed by atoms with van der Waals surface area (Å²) in [5.41, 5.74) is 2.74. The third kappa shape index (κ3) is 3.94. The van der Waals surface area contributed by atoms with Crippen LogP contribution in [0.1, 0.15) is 31.9 Å². The Morgan fingerprint density at radius 3 is 2.94 bits per heavy atom. The van der Waals surface area contributed by atoms with Crippen molar-refractivity contribution in [3.8, 4) is 22.9 Å². The second-order valence-corrected chi connectivity index (χ2v) is 7.56. The van der Waals surface area contributed by atoms with Gasteiger partial charge in [0.15, 0.2) is 11.1 Å². The summed E-state index contributed by atoms with van der Waals surface area (Å²) in [6, 6.07) is 10.0. The van der Waals surface area contributed by atoms with Crippen LogP contribution >= 0.6 is 0 Å². The Labute approximate surface area is 176 Å². The number of aromatic nitrogens is 5. The molecule has 4 aromatic rings. The number of benzene rings is 1. The average Bonchev–Trinajstić information content (AvgIpc) is 3.40. The van der Waals surface area contributed by atoms with Gasteiger partial charge in [0.1, 0.15) is 11.4 Å². The van der Waals surface area contributed by atoms with Crippen LogP contribution in [0.15, 0.2) is 46.3 Å². The minimum Gasteiger partial charge on any atom is -0.494 e. The van der Waals surface area contributed by atoms with E-state index in [-0.39, 0.29) is 11.6 Å². The molecule has 0 unspecified atom stereocenters. The number of fused-ring (bicyclic) bond motifs is 1. The molecule has 9 nitrogen and oxygen atoms in total. The molecule has 0 amide bonds. The van der Waals surface area contributed by atoms with Crippen molar-refractivity contribution < 1.29 is 9.84 Å². The maximum absolute atomic E-state index is 11.5. The topological polar surface area (TPSA) is 121 Å². The van der Waals surface area contributed by atoms with Crippen molar-refractivity contribution in [3.63, 3.8) is 0 Å². The Balaban J connectivity index is 1.70. The number of nitrogens with one attached hydrogen (secondary N) is 2. The predicted octanol–water partition coefficient (Wildman–Crippen LogP) is 1.52. The number of nitrogens with zero attached hydrogens (tertiary/aromatic N) is 4. The summed E-state index contributed by atoms with van der Waals surface area (Å²) in [6.07, 6.45) is 6.34. The molecule has 3 aromatic heterocycles. The molecule has 0 spiro atoms. The van der Waals surface area contributed by atoms with Crippen LogP contribution in [0.5, 0.6) is 11.6 Å². The molecule has 31 heavy (non-hydrogen) atoms. The maximum atomic E-state index is 11.5. The number of hydrogen-bond acceptors (Lipinski definition) is 6. The summed E-state index contributed by atoms with van der Waals surface area (Å²) in [4.78, 5) is 26.0. The van der Waals surface area contributed by atoms with Gasteiger partial charge in [0, 0.05) is 16.8 Å². The third-order valence-electron chi connectivity index (χ3n) is 4.98. The van der Waals surface area contributed by atoms with Crippen LogP contribution in [0.3, 0.4) is 0 Å². The zero-order valence-corrected chi connectivity index (χ0v) is 17.0. The Kier molecular flexibility index (Phi) is 4.78. The van der Waals surface area contributed by atoms with Crippen molar-refractivity contribution in [2.75, 3.05) is 6.61 Å². The van der Waals surface area contributed by atoms with Gasteiger partial charge >= 0.3 is 5.69 Å². The van der Waals surface area contributed by atoms with Gasteiger partial charge < -0.3 is 14.8 Å². The SMILES string of the molecule is CCCOc1cccc(-c2cc(=NC3CC3)n3ncc(=Cc4[nH]c(=O)[nH]c4O)c3n2)c1. The van der Waals surface area contributed by atoms with Crippen LogP contribution < -0.4 is 21.1 Å². The second kappa shape index (κ2) is 7.75. The van der Waals surface area contributed by atoms with Crippen LogP contribution in [0.25, 0.3) is 23.0 Å². The third-order valence-corrected chi connectivity index (χ3v) is 4.98. The molecule has 3 N–H and O–H groups in total. The minimum absolute atomic E-state index is 0.232. The predicted molar refractivity (Wildman–Crippen MR) is 115 cm³/mol. The highest BCUT2D eigenvalue weighted by molar-refractivity contribution is 5.64. The highest BCUT2D eigenvalue weighted by atomic mass is 16.5. The van der Waals surface area contributed by atoms with Gasteiger partial charge in [-0.25, -0.2) is 9.78 Å². The maximum Gasteiger partial charge on any atom is 0.326 e. The summed E-state index contributed by atoms with van der Waals surface area (Å²) in [7, 11) is 0. The number of aromatic amines is 2. The Morgan fingerprint density at radius 1 is 1.32 bits per heavy atom. The molecule has 0 saturated heterocycles. The fourth-order valence-electron chi connectivity index (χ4n) is 3.31. The first-order valence-electron chi connectivity index (χ1n) is 10.3. The van der Waals surface area contributed by atoms with Crippen LogP contribution in [0, 0.1) is 0 Å². The highest BCUT2D eigenvalue weighted by Gasteiger charge is 2.20. The monoisotopic (exact) mass is 418 g/mol. The van der Waals surface area contributed by atoms with E-state index in [1.54, 1.807) is 16.8 Å². The summed E-state index contributed by atoms with van der Waals surface area (Å²) in [6.45, 7) is 2.72. The first-order valence-corrected chi connectivity index (χ1v) is 10.3. The molecule has 0 aliphatic heterocycles. The standard InChI is InChI=1S/C22H22N6O3/c1-2-8-31-16-5-3-4-13(9-16)17-11-19(24-15-6-7-15)28-20(25-17)14(12-23-28)10-18-21(29)27-22(30)26-18/h3-5,9-12,15,29H,2,6-8H2,1H3,(H2,26,27,30). The van der Waals surface area contributed by atoms with E-state index in [0.717, 1.165) is 36.3 Å². The summed E-state index contributed by atoms with van der Waals surface area (Å²) >= 11 is 0. The van der Waals surface area contributed by atoms with Crippen LogP contribution in [-0.4, -0.2) is 42.3 Å². The number of hydrogen-bond donors (Lipinski definition) is 3. The highest BCUT2D eigenvalue weighted by Crippen LogP contribution is 2.24. The molecule has 5 rings (SSSR count). The molecule has 1 aromatic carbocycles. The van der Waals surface area contributed by atoms with E-state index >= 15 is 0 Å². The van der Waals surface area contributed by atoms with Gasteiger partial charge in [-0.05, 0) is 37.5 Å². The lowest BCUT2D eigenvalue weighted by Gasteiger charge is -2.07. The summed E-state index contributed by atoms with van der Waals surface area (Å²) in [5.74, 6) is 0.556. The minimum atomic E-state index is -0.484. The van der Waals surface area contributed by atoms with Crippen molar-refractivity contribution in [3.05, 3.63) is 63.4 Å². The normalized spacial score (nSPS) is 15.1. The lowest BCUT2D eigenvalue weighted by Crippen LogP contribution is -2.19. The molecule has 0 radical (unpaired) electrons. The molecule has 3 heterocycles. The van der Waals surface area contributed by atoms with Gasteiger partial charge in [-0.3, -0.25) is 9.98 Å². The fourth-order valence-corrected chi connectivity index (χ4v) is 3.31. The zero-order chi connectivity index (χ0) is 21.4. The average molecular weight is 418 g/mol. The molecule has 158 valence electrons. The van der Waals surface area contributed by atoms with Gasteiger partial charge in [-0.2, -0.15) is 9.61 Å². The molecule has 0 atom stereocenters. The smallest absolute Gasteiger partial charge is 0.326 e. The van der Waals surface area contributed by atoms with Gasteiger partial charge in [0.2, 0.25) is 5.88 Å². The van der Waals surface area contributed by atoms with E-state index < -0.39 is 5.69 Å². The number of aromatic hydroxyl groups is 1.